The molecule has 3 aromatic rings. The minimum Gasteiger partial charge on any atom is -0.476 e. The fourth-order valence-corrected chi connectivity index (χ4v) is 4.77. The Bertz CT molecular complexity index is 1060. The number of aromatic amines is 1. The van der Waals surface area contributed by atoms with Gasteiger partial charge in [0.05, 0.1) is 19.1 Å². The van der Waals surface area contributed by atoms with E-state index in [-0.39, 0.29) is 10.9 Å². The lowest BCUT2D eigenvalue weighted by molar-refractivity contribution is 0.243. The predicted molar refractivity (Wildman–Crippen MR) is 93.7 cm³/mol. The van der Waals surface area contributed by atoms with Crippen molar-refractivity contribution >= 4 is 15.7 Å². The number of H-pyrrole nitrogens is 1. The molecule has 2 fully saturated rings. The first-order chi connectivity index (χ1) is 13.1. The molecule has 0 aromatic carbocycles. The smallest absolute Gasteiger partial charge is 0.260 e. The van der Waals surface area contributed by atoms with Crippen molar-refractivity contribution in [1.29, 1.82) is 0 Å². The first-order valence-corrected chi connectivity index (χ1v) is 10.4. The van der Waals surface area contributed by atoms with E-state index in [2.05, 4.69) is 25.3 Å². The number of nitrogens with one attached hydrogen (secondary N) is 1. The Hall–Kier alpha value is -2.53. The van der Waals surface area contributed by atoms with Crippen molar-refractivity contribution in [2.24, 2.45) is 5.92 Å². The van der Waals surface area contributed by atoms with Crippen LogP contribution in [0.4, 0.5) is 0 Å². The summed E-state index contributed by atoms with van der Waals surface area (Å²) in [5.41, 5.74) is 0.710. The van der Waals surface area contributed by atoms with Gasteiger partial charge in [0, 0.05) is 31.0 Å². The molecule has 2 aliphatic rings. The number of imidazole rings is 1. The summed E-state index contributed by atoms with van der Waals surface area (Å²) in [4.78, 5) is 6.46. The van der Waals surface area contributed by atoms with E-state index in [1.54, 1.807) is 10.6 Å². The zero-order chi connectivity index (χ0) is 18.4. The van der Waals surface area contributed by atoms with Crippen LogP contribution in [0.1, 0.15) is 31.0 Å². The molecule has 1 saturated heterocycles. The molecule has 142 valence electrons. The molecule has 0 spiro atoms. The number of rotatable bonds is 6. The van der Waals surface area contributed by atoms with E-state index in [9.17, 15) is 8.42 Å². The first-order valence-electron chi connectivity index (χ1n) is 8.95. The monoisotopic (exact) mass is 389 g/mol. The third-order valence-electron chi connectivity index (χ3n) is 5.01. The standard InChI is InChI=1S/C16H19N7O3S/c24-27(25,15-7-17-10-18-15)22-6-5-11(8-22)9-26-14-4-3-13-19-20-16(12-1-2-12)23(13)21-14/h3-4,7,10-12H,1-2,5-6,8-9H2,(H,17,18). The van der Waals surface area contributed by atoms with Crippen LogP contribution in [0.15, 0.2) is 29.7 Å². The number of hydrogen-bond acceptors (Lipinski definition) is 7. The molecule has 4 heterocycles. The zero-order valence-electron chi connectivity index (χ0n) is 14.5. The maximum atomic E-state index is 12.5. The van der Waals surface area contributed by atoms with Crippen molar-refractivity contribution in [1.82, 2.24) is 34.1 Å². The van der Waals surface area contributed by atoms with Gasteiger partial charge in [-0.25, -0.2) is 13.4 Å². The molecule has 3 aromatic heterocycles. The van der Waals surface area contributed by atoms with Crippen molar-refractivity contribution in [3.05, 3.63) is 30.5 Å². The lowest BCUT2D eigenvalue weighted by Crippen LogP contribution is -2.30. The Morgan fingerprint density at radius 1 is 1.22 bits per heavy atom. The minimum absolute atomic E-state index is 0.115. The largest absolute Gasteiger partial charge is 0.476 e. The highest BCUT2D eigenvalue weighted by Crippen LogP contribution is 2.38. The van der Waals surface area contributed by atoms with E-state index in [0.717, 1.165) is 25.1 Å². The van der Waals surface area contributed by atoms with Gasteiger partial charge < -0.3 is 9.72 Å². The maximum absolute atomic E-state index is 12.5. The second kappa shape index (κ2) is 6.27. The summed E-state index contributed by atoms with van der Waals surface area (Å²) in [6.07, 6.45) is 5.68. The van der Waals surface area contributed by atoms with Crippen molar-refractivity contribution < 1.29 is 13.2 Å². The van der Waals surface area contributed by atoms with E-state index in [1.807, 2.05) is 6.07 Å². The molecule has 0 radical (unpaired) electrons. The number of nitrogens with zero attached hydrogens (tertiary/aromatic N) is 6. The topological polar surface area (TPSA) is 118 Å². The summed E-state index contributed by atoms with van der Waals surface area (Å²) in [6, 6.07) is 3.61. The molecule has 11 heteroatoms. The van der Waals surface area contributed by atoms with E-state index in [4.69, 9.17) is 4.74 Å². The second-order valence-electron chi connectivity index (χ2n) is 7.02. The van der Waals surface area contributed by atoms with Crippen LogP contribution in [-0.2, 0) is 10.0 Å². The summed E-state index contributed by atoms with van der Waals surface area (Å²) in [7, 11) is -3.52. The molecule has 1 N–H and O–H groups in total. The lowest BCUT2D eigenvalue weighted by atomic mass is 10.1. The van der Waals surface area contributed by atoms with Gasteiger partial charge in [-0.15, -0.1) is 15.3 Å². The predicted octanol–water partition coefficient (Wildman–Crippen LogP) is 0.814. The van der Waals surface area contributed by atoms with Gasteiger partial charge in [0.25, 0.3) is 10.0 Å². The molecule has 1 aliphatic carbocycles. The normalized spacial score (nSPS) is 21.1. The summed E-state index contributed by atoms with van der Waals surface area (Å²) < 4.78 is 34.1. The Labute approximate surface area is 155 Å². The quantitative estimate of drug-likeness (QED) is 0.663. The van der Waals surface area contributed by atoms with Gasteiger partial charge in [0.1, 0.15) is 0 Å². The number of ether oxygens (including phenoxy) is 1. The van der Waals surface area contributed by atoms with E-state index in [0.29, 0.717) is 37.1 Å². The molecule has 0 amide bonds. The van der Waals surface area contributed by atoms with Crippen LogP contribution < -0.4 is 4.74 Å². The fourth-order valence-electron chi connectivity index (χ4n) is 3.34. The van der Waals surface area contributed by atoms with Crippen LogP contribution >= 0.6 is 0 Å². The van der Waals surface area contributed by atoms with Crippen molar-refractivity contribution in [2.45, 2.75) is 30.2 Å². The molecule has 0 bridgehead atoms. The lowest BCUT2D eigenvalue weighted by Gasteiger charge is -2.15. The first kappa shape index (κ1) is 16.6. The summed E-state index contributed by atoms with van der Waals surface area (Å²) in [6.45, 7) is 1.30. The Morgan fingerprint density at radius 3 is 2.89 bits per heavy atom. The summed E-state index contributed by atoms with van der Waals surface area (Å²) in [5.74, 6) is 1.94. The van der Waals surface area contributed by atoms with Crippen LogP contribution in [0.25, 0.3) is 5.65 Å². The molecular weight excluding hydrogens is 370 g/mol. The molecule has 10 nitrogen and oxygen atoms in total. The summed E-state index contributed by atoms with van der Waals surface area (Å²) in [5, 5.41) is 13.0. The van der Waals surface area contributed by atoms with Crippen molar-refractivity contribution in [3.8, 4) is 5.88 Å². The highest BCUT2D eigenvalue weighted by molar-refractivity contribution is 7.89. The van der Waals surface area contributed by atoms with Gasteiger partial charge in [-0.3, -0.25) is 0 Å². The third-order valence-corrected chi connectivity index (χ3v) is 6.80. The minimum atomic E-state index is -3.52. The molecule has 5 rings (SSSR count). The number of hydrogen-bond donors (Lipinski definition) is 1. The third kappa shape index (κ3) is 3.06. The SMILES string of the molecule is O=S(=O)(c1cnc[nH]1)N1CCC(COc2ccc3nnc(C4CC4)n3n2)C1. The molecule has 1 saturated carbocycles. The van der Waals surface area contributed by atoms with Gasteiger partial charge in [0.15, 0.2) is 16.5 Å². The van der Waals surface area contributed by atoms with Crippen LogP contribution in [0.5, 0.6) is 5.88 Å². The van der Waals surface area contributed by atoms with Crippen LogP contribution in [0.2, 0.25) is 0 Å². The van der Waals surface area contributed by atoms with Crippen LogP contribution in [0, 0.1) is 5.92 Å². The molecule has 1 atom stereocenters. The fraction of sp³-hybridized carbons (Fsp3) is 0.500. The Balaban J connectivity index is 1.25. The van der Waals surface area contributed by atoms with Gasteiger partial charge in [0.2, 0.25) is 5.88 Å². The molecule has 27 heavy (non-hydrogen) atoms. The van der Waals surface area contributed by atoms with E-state index in [1.165, 1.54) is 16.8 Å². The van der Waals surface area contributed by atoms with Crippen LogP contribution in [-0.4, -0.2) is 62.2 Å². The molecule has 1 unspecified atom stereocenters. The zero-order valence-corrected chi connectivity index (χ0v) is 15.3. The molecular formula is C16H19N7O3S. The average molecular weight is 389 g/mol. The van der Waals surface area contributed by atoms with Gasteiger partial charge in [-0.05, 0) is 25.3 Å². The van der Waals surface area contributed by atoms with Gasteiger partial charge >= 0.3 is 0 Å². The Morgan fingerprint density at radius 2 is 2.11 bits per heavy atom. The average Bonchev–Trinajstić information content (AvgIpc) is 3.12. The van der Waals surface area contributed by atoms with Gasteiger partial charge in [-0.2, -0.15) is 8.82 Å². The van der Waals surface area contributed by atoms with Crippen LogP contribution in [0.3, 0.4) is 0 Å². The maximum Gasteiger partial charge on any atom is 0.260 e. The van der Waals surface area contributed by atoms with E-state index < -0.39 is 10.0 Å². The van der Waals surface area contributed by atoms with Crippen molar-refractivity contribution in [3.63, 3.8) is 0 Å². The summed E-state index contributed by atoms with van der Waals surface area (Å²) >= 11 is 0. The second-order valence-corrected chi connectivity index (χ2v) is 8.93. The number of fused-ring (bicyclic) bond motifs is 1. The van der Waals surface area contributed by atoms with Crippen molar-refractivity contribution in [2.75, 3.05) is 19.7 Å². The number of aromatic nitrogens is 6. The number of sulfonamides is 1. The van der Waals surface area contributed by atoms with E-state index >= 15 is 0 Å². The Kier molecular flexibility index (Phi) is 3.86. The molecule has 1 aliphatic heterocycles. The highest BCUT2D eigenvalue weighted by Gasteiger charge is 2.34. The highest BCUT2D eigenvalue weighted by atomic mass is 32.2. The van der Waals surface area contributed by atoms with Gasteiger partial charge in [-0.1, -0.05) is 0 Å².